The van der Waals surface area contributed by atoms with Gasteiger partial charge in [-0.3, -0.25) is 4.79 Å². The predicted molar refractivity (Wildman–Crippen MR) is 89.7 cm³/mol. The Labute approximate surface area is 134 Å². The Balaban J connectivity index is 0.00000220. The van der Waals surface area contributed by atoms with Crippen molar-refractivity contribution in [3.8, 4) is 0 Å². The molecule has 0 spiro atoms. The van der Waals surface area contributed by atoms with Gasteiger partial charge in [-0.25, -0.2) is 0 Å². The Morgan fingerprint density at radius 2 is 1.81 bits per heavy atom. The largest absolute Gasteiger partial charge is 0.349 e. The van der Waals surface area contributed by atoms with E-state index < -0.39 is 0 Å². The van der Waals surface area contributed by atoms with Crippen LogP contribution in [0.3, 0.4) is 0 Å². The van der Waals surface area contributed by atoms with Gasteiger partial charge in [-0.15, -0.1) is 12.4 Å². The fourth-order valence-corrected chi connectivity index (χ4v) is 2.80. The molecule has 1 aromatic rings. The minimum Gasteiger partial charge on any atom is -0.349 e. The summed E-state index contributed by atoms with van der Waals surface area (Å²) in [5.41, 5.74) is 6.65. The van der Waals surface area contributed by atoms with Gasteiger partial charge in [0.05, 0.1) is 5.54 Å². The summed E-state index contributed by atoms with van der Waals surface area (Å²) in [6.07, 6.45) is 2.84. The van der Waals surface area contributed by atoms with E-state index in [0.717, 1.165) is 0 Å². The summed E-state index contributed by atoms with van der Waals surface area (Å²) in [6, 6.07) is 10.2. The lowest BCUT2D eigenvalue weighted by atomic mass is 9.81. The molecule has 118 valence electrons. The molecule has 0 heterocycles. The molecule has 3 N–H and O–H groups in total. The van der Waals surface area contributed by atoms with E-state index in [-0.39, 0.29) is 29.3 Å². The summed E-state index contributed by atoms with van der Waals surface area (Å²) < 4.78 is 0. The van der Waals surface area contributed by atoms with Gasteiger partial charge >= 0.3 is 0 Å². The van der Waals surface area contributed by atoms with Gasteiger partial charge in [-0.2, -0.15) is 0 Å². The number of amides is 1. The molecule has 0 aromatic heterocycles. The topological polar surface area (TPSA) is 55.1 Å². The second-order valence-corrected chi connectivity index (χ2v) is 6.87. The molecular formula is C17H27ClN2O. The van der Waals surface area contributed by atoms with Crippen molar-refractivity contribution in [1.29, 1.82) is 0 Å². The third-order valence-corrected chi connectivity index (χ3v) is 4.49. The van der Waals surface area contributed by atoms with E-state index in [1.54, 1.807) is 0 Å². The van der Waals surface area contributed by atoms with Crippen LogP contribution in [0.4, 0.5) is 0 Å². The van der Waals surface area contributed by atoms with Crippen LogP contribution < -0.4 is 11.1 Å². The first kappa shape index (κ1) is 18.0. The van der Waals surface area contributed by atoms with Crippen molar-refractivity contribution in [3.05, 3.63) is 35.9 Å². The Kier molecular flexibility index (Phi) is 5.83. The molecule has 1 unspecified atom stereocenters. The van der Waals surface area contributed by atoms with Crippen molar-refractivity contribution in [2.75, 3.05) is 6.54 Å². The lowest BCUT2D eigenvalue weighted by molar-refractivity contribution is -0.124. The van der Waals surface area contributed by atoms with Crippen molar-refractivity contribution >= 4 is 18.3 Å². The normalized spacial score (nSPS) is 17.5. The van der Waals surface area contributed by atoms with E-state index in [0.29, 0.717) is 18.9 Å². The summed E-state index contributed by atoms with van der Waals surface area (Å²) in [7, 11) is 0. The molecule has 1 aromatic carbocycles. The molecule has 3 nitrogen and oxygen atoms in total. The van der Waals surface area contributed by atoms with E-state index in [2.05, 4.69) is 38.2 Å². The maximum atomic E-state index is 12.4. The summed E-state index contributed by atoms with van der Waals surface area (Å²) in [6.45, 7) is 6.80. The van der Waals surface area contributed by atoms with Gasteiger partial charge in [0.15, 0.2) is 0 Å². The standard InChI is InChI=1S/C17H26N2O.ClH/c1-16(2,13-7-5-4-6-8-13)11-15(20)19-17(3,12-18)14-9-10-14;/h4-8,14H,9-12,18H2,1-3H3,(H,19,20);1H. The number of carbonyl (C=O) groups excluding carboxylic acids is 1. The number of halogens is 1. The third-order valence-electron chi connectivity index (χ3n) is 4.49. The number of hydrogen-bond acceptors (Lipinski definition) is 2. The van der Waals surface area contributed by atoms with Crippen LogP contribution in [-0.4, -0.2) is 18.0 Å². The van der Waals surface area contributed by atoms with Crippen LogP contribution in [0.2, 0.25) is 0 Å². The Bertz CT molecular complexity index is 471. The number of nitrogens with one attached hydrogen (secondary N) is 1. The highest BCUT2D eigenvalue weighted by molar-refractivity contribution is 5.85. The van der Waals surface area contributed by atoms with Crippen molar-refractivity contribution in [2.45, 2.75) is 51.0 Å². The lowest BCUT2D eigenvalue weighted by Crippen LogP contribution is -2.53. The Morgan fingerprint density at radius 3 is 2.29 bits per heavy atom. The quantitative estimate of drug-likeness (QED) is 0.848. The molecular weight excluding hydrogens is 284 g/mol. The number of benzene rings is 1. The molecule has 0 bridgehead atoms. The van der Waals surface area contributed by atoms with Crippen molar-refractivity contribution in [2.24, 2.45) is 11.7 Å². The maximum absolute atomic E-state index is 12.4. The predicted octanol–water partition coefficient (Wildman–Crippen LogP) is 3.02. The van der Waals surface area contributed by atoms with Crippen LogP contribution in [0, 0.1) is 5.92 Å². The van der Waals surface area contributed by atoms with Crippen LogP contribution in [0.15, 0.2) is 30.3 Å². The van der Waals surface area contributed by atoms with Crippen molar-refractivity contribution in [3.63, 3.8) is 0 Å². The van der Waals surface area contributed by atoms with E-state index in [9.17, 15) is 4.79 Å². The first-order valence-corrected chi connectivity index (χ1v) is 7.44. The van der Waals surface area contributed by atoms with Gasteiger partial charge in [0.2, 0.25) is 5.91 Å². The smallest absolute Gasteiger partial charge is 0.221 e. The molecule has 0 radical (unpaired) electrons. The fraction of sp³-hybridized carbons (Fsp3) is 0.588. The van der Waals surface area contributed by atoms with Gasteiger partial charge in [-0.05, 0) is 36.7 Å². The highest BCUT2D eigenvalue weighted by atomic mass is 35.5. The minimum atomic E-state index is -0.232. The average Bonchev–Trinajstić information content (AvgIpc) is 3.23. The molecule has 1 aliphatic rings. The number of rotatable bonds is 6. The lowest BCUT2D eigenvalue weighted by Gasteiger charge is -2.32. The zero-order chi connectivity index (χ0) is 14.8. The molecule has 0 aliphatic heterocycles. The summed E-state index contributed by atoms with van der Waals surface area (Å²) in [5.74, 6) is 0.648. The number of hydrogen-bond donors (Lipinski definition) is 2. The molecule has 1 saturated carbocycles. The Morgan fingerprint density at radius 1 is 1.24 bits per heavy atom. The van der Waals surface area contributed by atoms with Crippen LogP contribution in [-0.2, 0) is 10.2 Å². The zero-order valence-corrected chi connectivity index (χ0v) is 14.0. The molecule has 21 heavy (non-hydrogen) atoms. The van der Waals surface area contributed by atoms with Crippen LogP contribution >= 0.6 is 12.4 Å². The van der Waals surface area contributed by atoms with Gasteiger partial charge in [0.25, 0.3) is 0 Å². The average molecular weight is 311 g/mol. The first-order valence-electron chi connectivity index (χ1n) is 7.44. The molecule has 0 saturated heterocycles. The van der Waals surface area contributed by atoms with Crippen LogP contribution in [0.25, 0.3) is 0 Å². The van der Waals surface area contributed by atoms with Gasteiger partial charge in [0, 0.05) is 13.0 Å². The summed E-state index contributed by atoms with van der Waals surface area (Å²) in [4.78, 5) is 12.4. The third kappa shape index (κ3) is 4.45. The van der Waals surface area contributed by atoms with E-state index in [1.165, 1.54) is 18.4 Å². The Hall–Kier alpha value is -1.06. The summed E-state index contributed by atoms with van der Waals surface area (Å²) >= 11 is 0. The second-order valence-electron chi connectivity index (χ2n) is 6.87. The van der Waals surface area contributed by atoms with Crippen molar-refractivity contribution in [1.82, 2.24) is 5.32 Å². The van der Waals surface area contributed by atoms with Gasteiger partial charge in [-0.1, -0.05) is 44.2 Å². The van der Waals surface area contributed by atoms with Crippen LogP contribution in [0.1, 0.15) is 45.6 Å². The van der Waals surface area contributed by atoms with Crippen LogP contribution in [0.5, 0.6) is 0 Å². The molecule has 1 aliphatic carbocycles. The molecule has 2 rings (SSSR count). The molecule has 1 amide bonds. The highest BCUT2D eigenvalue weighted by Gasteiger charge is 2.42. The highest BCUT2D eigenvalue weighted by Crippen LogP contribution is 2.39. The fourth-order valence-electron chi connectivity index (χ4n) is 2.80. The monoisotopic (exact) mass is 310 g/mol. The van der Waals surface area contributed by atoms with E-state index in [1.807, 2.05) is 18.2 Å². The first-order chi connectivity index (χ1) is 9.37. The number of carbonyl (C=O) groups is 1. The minimum absolute atomic E-state index is 0. The zero-order valence-electron chi connectivity index (χ0n) is 13.2. The van der Waals surface area contributed by atoms with E-state index >= 15 is 0 Å². The molecule has 4 heteroatoms. The molecule has 1 fully saturated rings. The summed E-state index contributed by atoms with van der Waals surface area (Å²) in [5, 5.41) is 3.17. The second kappa shape index (κ2) is 6.80. The number of nitrogens with two attached hydrogens (primary N) is 1. The maximum Gasteiger partial charge on any atom is 0.221 e. The van der Waals surface area contributed by atoms with Gasteiger partial charge < -0.3 is 11.1 Å². The van der Waals surface area contributed by atoms with Gasteiger partial charge in [0.1, 0.15) is 0 Å². The molecule has 1 atom stereocenters. The SMILES string of the molecule is CC(C)(CC(=O)NC(C)(CN)C1CC1)c1ccccc1.Cl. The van der Waals surface area contributed by atoms with Crippen molar-refractivity contribution < 1.29 is 4.79 Å². The van der Waals surface area contributed by atoms with E-state index in [4.69, 9.17) is 5.73 Å².